The number of aliphatic imine (C=N–C) groups is 1. The fourth-order valence-electron chi connectivity index (χ4n) is 5.78. The number of aromatic nitrogens is 1. The van der Waals surface area contributed by atoms with E-state index < -0.39 is 41.2 Å². The Morgan fingerprint density at radius 1 is 1.15 bits per heavy atom. The van der Waals surface area contributed by atoms with E-state index in [1.807, 2.05) is 0 Å². The number of pyridine rings is 1. The third kappa shape index (κ3) is 6.44. The van der Waals surface area contributed by atoms with Crippen LogP contribution in [0.4, 0.5) is 13.2 Å². The summed E-state index contributed by atoms with van der Waals surface area (Å²) in [6, 6.07) is 7.29. The van der Waals surface area contributed by atoms with E-state index in [1.54, 1.807) is 24.0 Å². The lowest BCUT2D eigenvalue weighted by Crippen LogP contribution is -2.51. The van der Waals surface area contributed by atoms with Crippen molar-refractivity contribution in [2.75, 3.05) is 6.54 Å². The molecule has 1 atom stereocenters. The number of hydrogen-bond acceptors (Lipinski definition) is 5. The largest absolute Gasteiger partial charge is 0.481 e. The number of hydrogen-bond donors (Lipinski definition) is 2. The summed E-state index contributed by atoms with van der Waals surface area (Å²) in [4.78, 5) is 48.0. The minimum absolute atomic E-state index is 0.00610. The second-order valence-electron chi connectivity index (χ2n) is 11.9. The average Bonchev–Trinajstić information content (AvgIpc) is 3.18. The minimum atomic E-state index is -4.56. The maximum atomic E-state index is 14.0. The Hall–Kier alpha value is -3.76. The molecule has 1 aromatic carbocycles. The third-order valence-electron chi connectivity index (χ3n) is 8.15. The molecule has 0 saturated heterocycles. The Labute approximate surface area is 237 Å². The molecule has 0 bridgehead atoms. The maximum absolute atomic E-state index is 14.0. The molecule has 1 saturated carbocycles. The molecular weight excluding hydrogens is 537 g/mol. The fourth-order valence-corrected chi connectivity index (χ4v) is 5.78. The van der Waals surface area contributed by atoms with Crippen LogP contribution in [0.15, 0.2) is 47.6 Å². The van der Waals surface area contributed by atoms with Crippen molar-refractivity contribution in [2.45, 2.75) is 77.7 Å². The zero-order valence-corrected chi connectivity index (χ0v) is 23.6. The predicted molar refractivity (Wildman–Crippen MR) is 146 cm³/mol. The molecule has 1 aliphatic carbocycles. The van der Waals surface area contributed by atoms with Gasteiger partial charge in [0.25, 0.3) is 11.8 Å². The maximum Gasteiger partial charge on any atom is 0.416 e. The molecular formula is C30H35F3N4O4. The van der Waals surface area contributed by atoms with Crippen molar-refractivity contribution in [1.29, 1.82) is 0 Å². The zero-order chi connectivity index (χ0) is 30.2. The van der Waals surface area contributed by atoms with Crippen molar-refractivity contribution in [3.8, 4) is 0 Å². The van der Waals surface area contributed by atoms with E-state index in [0.717, 1.165) is 25.0 Å². The van der Waals surface area contributed by atoms with E-state index in [1.165, 1.54) is 18.3 Å². The van der Waals surface area contributed by atoms with Gasteiger partial charge in [-0.05, 0) is 68.2 Å². The van der Waals surface area contributed by atoms with E-state index in [0.29, 0.717) is 24.5 Å². The van der Waals surface area contributed by atoms with Crippen molar-refractivity contribution >= 4 is 23.5 Å². The van der Waals surface area contributed by atoms with Gasteiger partial charge in [0.2, 0.25) is 0 Å². The molecule has 1 fully saturated rings. The molecule has 2 N–H and O–H groups in total. The molecule has 4 rings (SSSR count). The Bertz CT molecular complexity index is 1340. The summed E-state index contributed by atoms with van der Waals surface area (Å²) >= 11 is 0. The van der Waals surface area contributed by atoms with Crippen LogP contribution in [0.25, 0.3) is 0 Å². The number of halogens is 3. The first kappa shape index (κ1) is 30.2. The van der Waals surface area contributed by atoms with E-state index in [-0.39, 0.29) is 35.2 Å². The first-order chi connectivity index (χ1) is 19.1. The van der Waals surface area contributed by atoms with Crippen LogP contribution in [0.1, 0.15) is 93.0 Å². The number of nitrogens with one attached hydrogen (secondary N) is 1. The molecule has 0 radical (unpaired) electrons. The SMILES string of the molecule is CC(c1ccc(C(=O)NCCC(=O)O)cn1)N1C(=O)C(c2cccc(C(F)(F)F)c2)=NC12CCC(C(C)(C)C)CC2. The molecule has 41 heavy (non-hydrogen) atoms. The quantitative estimate of drug-likeness (QED) is 0.447. The first-order valence-electron chi connectivity index (χ1n) is 13.7. The number of aliphatic carboxylic acids is 1. The monoisotopic (exact) mass is 572 g/mol. The number of amides is 2. The highest BCUT2D eigenvalue weighted by atomic mass is 19.4. The van der Waals surface area contributed by atoms with Gasteiger partial charge in [0.05, 0.1) is 29.3 Å². The predicted octanol–water partition coefficient (Wildman–Crippen LogP) is 5.63. The van der Waals surface area contributed by atoms with Crippen LogP contribution in [-0.2, 0) is 15.8 Å². The first-order valence-corrected chi connectivity index (χ1v) is 13.7. The Kier molecular flexibility index (Phi) is 8.29. The molecule has 2 heterocycles. The standard InChI is InChI=1S/C30H35F3N4O4/c1-18(23-9-8-20(17-35-23)26(40)34-15-12-24(38)39)37-27(41)25(19-6-5-7-22(16-19)30(31,32)33)36-29(37)13-10-21(11-14-29)28(2,3)4/h5-9,16-18,21H,10-15H2,1-4H3,(H,34,40)(H,38,39). The summed E-state index contributed by atoms with van der Waals surface area (Å²) < 4.78 is 40.4. The van der Waals surface area contributed by atoms with Crippen molar-refractivity contribution < 1.29 is 32.7 Å². The van der Waals surface area contributed by atoms with E-state index in [4.69, 9.17) is 10.1 Å². The second-order valence-corrected chi connectivity index (χ2v) is 11.9. The molecule has 1 spiro atoms. The Balaban J connectivity index is 1.65. The van der Waals surface area contributed by atoms with Gasteiger partial charge in [-0.1, -0.05) is 32.9 Å². The van der Waals surface area contributed by atoms with Gasteiger partial charge in [-0.2, -0.15) is 13.2 Å². The minimum Gasteiger partial charge on any atom is -0.481 e. The van der Waals surface area contributed by atoms with Crippen LogP contribution in [0.5, 0.6) is 0 Å². The fraction of sp³-hybridized carbons (Fsp3) is 0.500. The van der Waals surface area contributed by atoms with Gasteiger partial charge in [0.1, 0.15) is 11.4 Å². The molecule has 1 aromatic heterocycles. The van der Waals surface area contributed by atoms with Crippen molar-refractivity contribution in [3.63, 3.8) is 0 Å². The number of carboxylic acids is 1. The molecule has 1 unspecified atom stereocenters. The highest BCUT2D eigenvalue weighted by molar-refractivity contribution is 6.46. The number of carbonyl (C=O) groups is 3. The van der Waals surface area contributed by atoms with Crippen molar-refractivity contribution in [3.05, 3.63) is 65.0 Å². The van der Waals surface area contributed by atoms with E-state index in [9.17, 15) is 27.6 Å². The summed E-state index contributed by atoms with van der Waals surface area (Å²) in [7, 11) is 0. The van der Waals surface area contributed by atoms with Gasteiger partial charge in [-0.3, -0.25) is 24.4 Å². The van der Waals surface area contributed by atoms with Gasteiger partial charge < -0.3 is 15.3 Å². The van der Waals surface area contributed by atoms with Gasteiger partial charge in [-0.25, -0.2) is 0 Å². The zero-order valence-electron chi connectivity index (χ0n) is 23.6. The molecule has 2 amide bonds. The third-order valence-corrected chi connectivity index (χ3v) is 8.15. The van der Waals surface area contributed by atoms with E-state index in [2.05, 4.69) is 31.1 Å². The summed E-state index contributed by atoms with van der Waals surface area (Å²) in [5.74, 6) is -1.55. The number of alkyl halides is 3. The van der Waals surface area contributed by atoms with Crippen LogP contribution in [0, 0.1) is 11.3 Å². The van der Waals surface area contributed by atoms with Gasteiger partial charge in [-0.15, -0.1) is 0 Å². The Morgan fingerprint density at radius 3 is 2.39 bits per heavy atom. The summed E-state index contributed by atoms with van der Waals surface area (Å²) in [6.45, 7) is 8.31. The Morgan fingerprint density at radius 2 is 1.83 bits per heavy atom. The van der Waals surface area contributed by atoms with Crippen LogP contribution in [0.3, 0.4) is 0 Å². The molecule has 2 aliphatic rings. The van der Waals surface area contributed by atoms with Crippen molar-refractivity contribution in [2.24, 2.45) is 16.3 Å². The van der Waals surface area contributed by atoms with Crippen LogP contribution in [-0.4, -0.2) is 50.7 Å². The summed E-state index contributed by atoms with van der Waals surface area (Å²) in [5, 5.41) is 11.3. The number of rotatable bonds is 7. The highest BCUT2D eigenvalue weighted by Crippen LogP contribution is 2.49. The topological polar surface area (TPSA) is 112 Å². The van der Waals surface area contributed by atoms with E-state index >= 15 is 0 Å². The van der Waals surface area contributed by atoms with Crippen molar-refractivity contribution in [1.82, 2.24) is 15.2 Å². The molecule has 2 aromatic rings. The summed E-state index contributed by atoms with van der Waals surface area (Å²) in [6.07, 6.45) is -0.656. The smallest absolute Gasteiger partial charge is 0.416 e. The lowest BCUT2D eigenvalue weighted by molar-refractivity contribution is -0.138. The normalized spacial score (nSPS) is 22.0. The van der Waals surface area contributed by atoms with Crippen LogP contribution >= 0.6 is 0 Å². The second kappa shape index (κ2) is 11.3. The van der Waals surface area contributed by atoms with Crippen LogP contribution in [0.2, 0.25) is 0 Å². The van der Waals surface area contributed by atoms with Gasteiger partial charge in [0.15, 0.2) is 0 Å². The molecule has 11 heteroatoms. The number of benzene rings is 1. The summed E-state index contributed by atoms with van der Waals surface area (Å²) in [5.41, 5.74) is -0.836. The molecule has 1 aliphatic heterocycles. The highest BCUT2D eigenvalue weighted by Gasteiger charge is 2.52. The number of carboxylic acid groups (broad SMARTS) is 1. The molecule has 220 valence electrons. The average molecular weight is 573 g/mol. The molecule has 8 nitrogen and oxygen atoms in total. The van der Waals surface area contributed by atoms with Gasteiger partial charge >= 0.3 is 12.1 Å². The van der Waals surface area contributed by atoms with Gasteiger partial charge in [0, 0.05) is 18.3 Å². The number of carbonyl (C=O) groups excluding carboxylic acids is 2. The van der Waals surface area contributed by atoms with Crippen LogP contribution < -0.4 is 5.32 Å². The lowest BCUT2D eigenvalue weighted by Gasteiger charge is -2.46. The lowest BCUT2D eigenvalue weighted by atomic mass is 9.69. The number of nitrogens with zero attached hydrogens (tertiary/aromatic N) is 3.